The van der Waals surface area contributed by atoms with Gasteiger partial charge in [-0.2, -0.15) is 0 Å². The predicted octanol–water partition coefficient (Wildman–Crippen LogP) is 2.53. The molecule has 0 aromatic heterocycles. The van der Waals surface area contributed by atoms with Gasteiger partial charge in [-0.3, -0.25) is 0 Å². The third-order valence-corrected chi connectivity index (χ3v) is 2.31. The third-order valence-electron chi connectivity index (χ3n) is 2.31. The summed E-state index contributed by atoms with van der Waals surface area (Å²) in [4.78, 5) is 0. The van der Waals surface area contributed by atoms with Crippen LogP contribution in [0.4, 0.5) is 0 Å². The molecule has 0 bridgehead atoms. The Morgan fingerprint density at radius 2 is 1.50 bits per heavy atom. The van der Waals surface area contributed by atoms with Gasteiger partial charge in [-0.25, -0.2) is 0 Å². The summed E-state index contributed by atoms with van der Waals surface area (Å²) in [6, 6.07) is 0. The molecule has 10 heavy (non-hydrogen) atoms. The minimum absolute atomic E-state index is 0. The number of rotatable bonds is 1. The summed E-state index contributed by atoms with van der Waals surface area (Å²) in [5, 5.41) is 0. The van der Waals surface area contributed by atoms with E-state index in [1.807, 2.05) is 0 Å². The second kappa shape index (κ2) is 5.27. The molecule has 0 unspecified atom stereocenters. The van der Waals surface area contributed by atoms with Crippen LogP contribution in [0.1, 0.15) is 46.0 Å². The molecule has 0 spiro atoms. The molecule has 0 N–H and O–H groups in total. The van der Waals surface area contributed by atoms with Crippen molar-refractivity contribution in [2.75, 3.05) is 0 Å². The van der Waals surface area contributed by atoms with Crippen molar-refractivity contribution in [3.63, 3.8) is 0 Å². The molecule has 1 saturated carbocycles. The van der Waals surface area contributed by atoms with Crippen LogP contribution in [-0.4, -0.2) is 18.9 Å². The van der Waals surface area contributed by atoms with E-state index in [1.165, 1.54) is 32.1 Å². The van der Waals surface area contributed by atoms with Gasteiger partial charge in [0.05, 0.1) is 0 Å². The molecule has 1 aliphatic carbocycles. The fourth-order valence-electron chi connectivity index (χ4n) is 1.58. The van der Waals surface area contributed by atoms with Crippen molar-refractivity contribution in [1.82, 2.24) is 0 Å². The van der Waals surface area contributed by atoms with Crippen LogP contribution in [0.3, 0.4) is 0 Å². The normalized spacial score (nSPS) is 20.7. The van der Waals surface area contributed by atoms with Gasteiger partial charge in [-0.1, -0.05) is 33.1 Å². The van der Waals surface area contributed by atoms with Gasteiger partial charge in [0.25, 0.3) is 0 Å². The van der Waals surface area contributed by atoms with E-state index in [0.717, 1.165) is 5.92 Å². The van der Waals surface area contributed by atoms with Crippen molar-refractivity contribution in [3.8, 4) is 0 Å². The van der Waals surface area contributed by atoms with Crippen LogP contribution < -0.4 is 0 Å². The Labute approximate surface area is 77.0 Å². The molecule has 0 aromatic rings. The van der Waals surface area contributed by atoms with Gasteiger partial charge in [0.2, 0.25) is 0 Å². The second-order valence-corrected chi connectivity index (χ2v) is 3.37. The van der Waals surface area contributed by atoms with Crippen molar-refractivity contribution >= 4 is 18.9 Å². The van der Waals surface area contributed by atoms with Gasteiger partial charge < -0.3 is 0 Å². The van der Waals surface area contributed by atoms with Crippen LogP contribution in [0.5, 0.6) is 0 Å². The first-order chi connectivity index (χ1) is 4.30. The molecule has 0 aliphatic heterocycles. The van der Waals surface area contributed by atoms with Crippen LogP contribution in [0.25, 0.3) is 0 Å². The zero-order chi connectivity index (χ0) is 6.69. The van der Waals surface area contributed by atoms with Gasteiger partial charge in [0, 0.05) is 0 Å². The molecule has 0 atom stereocenters. The second-order valence-electron chi connectivity index (χ2n) is 3.37. The molecule has 0 nitrogen and oxygen atoms in total. The molecule has 0 aromatic carbocycles. The first-order valence-corrected chi connectivity index (χ1v) is 4.15. The van der Waals surface area contributed by atoms with Gasteiger partial charge in [-0.15, -0.1) is 0 Å². The summed E-state index contributed by atoms with van der Waals surface area (Å²) in [6.07, 6.45) is 7.20. The number of hydrogen-bond acceptors (Lipinski definition) is 0. The quantitative estimate of drug-likeness (QED) is 0.482. The van der Waals surface area contributed by atoms with E-state index in [9.17, 15) is 0 Å². The molecule has 1 aliphatic rings. The molecule has 0 amide bonds. The summed E-state index contributed by atoms with van der Waals surface area (Å²) in [7, 11) is 0. The molecule has 1 radical (unpaired) electrons. The Kier molecular flexibility index (Phi) is 5.59. The standard InChI is InChI=1S/C9H17.Li.H/c1-8(2)9-6-4-3-5-7-9;;/h8H,3-7H2,1-2H3;;. The van der Waals surface area contributed by atoms with E-state index in [4.69, 9.17) is 0 Å². The third kappa shape index (κ3) is 3.13. The summed E-state index contributed by atoms with van der Waals surface area (Å²) in [5.41, 5.74) is 0. The first kappa shape index (κ1) is 10.6. The maximum atomic E-state index is 2.32. The molecule has 1 fully saturated rings. The van der Waals surface area contributed by atoms with Crippen LogP contribution in [0.15, 0.2) is 0 Å². The van der Waals surface area contributed by atoms with E-state index >= 15 is 0 Å². The first-order valence-electron chi connectivity index (χ1n) is 4.15. The van der Waals surface area contributed by atoms with Crippen molar-refractivity contribution in [1.29, 1.82) is 0 Å². The van der Waals surface area contributed by atoms with E-state index in [1.54, 1.807) is 5.92 Å². The topological polar surface area (TPSA) is 0 Å². The monoisotopic (exact) mass is 133 g/mol. The van der Waals surface area contributed by atoms with E-state index < -0.39 is 0 Å². The van der Waals surface area contributed by atoms with Crippen LogP contribution in [0.2, 0.25) is 0 Å². The SMILES string of the molecule is CC(C)[C]1CCCCC1.[LiH]. The molecule has 0 saturated heterocycles. The van der Waals surface area contributed by atoms with Gasteiger partial charge in [0.1, 0.15) is 0 Å². The summed E-state index contributed by atoms with van der Waals surface area (Å²) in [5.74, 6) is 2.66. The average Bonchev–Trinajstić information content (AvgIpc) is 1.90. The van der Waals surface area contributed by atoms with E-state index in [-0.39, 0.29) is 18.9 Å². The Hall–Kier alpha value is 0.597. The van der Waals surface area contributed by atoms with E-state index in [0.29, 0.717) is 0 Å². The van der Waals surface area contributed by atoms with Gasteiger partial charge >= 0.3 is 18.9 Å². The van der Waals surface area contributed by atoms with Gasteiger partial charge in [0.15, 0.2) is 0 Å². The van der Waals surface area contributed by atoms with Gasteiger partial charge in [-0.05, 0) is 24.7 Å². The Balaban J connectivity index is 0.000000810. The Morgan fingerprint density at radius 1 is 1.00 bits per heavy atom. The van der Waals surface area contributed by atoms with Crippen molar-refractivity contribution in [2.45, 2.75) is 46.0 Å². The molecule has 1 rings (SSSR count). The van der Waals surface area contributed by atoms with Crippen molar-refractivity contribution in [3.05, 3.63) is 5.92 Å². The Bertz CT molecular complexity index is 72.8. The zero-order valence-electron chi connectivity index (χ0n) is 6.61. The summed E-state index contributed by atoms with van der Waals surface area (Å²) < 4.78 is 0. The maximum absolute atomic E-state index is 2.32. The van der Waals surface area contributed by atoms with Crippen LogP contribution in [0, 0.1) is 11.8 Å². The van der Waals surface area contributed by atoms with Crippen LogP contribution >= 0.6 is 0 Å². The fraction of sp³-hybridized carbons (Fsp3) is 0.889. The molecular formula is C9H18Li. The zero-order valence-corrected chi connectivity index (χ0v) is 6.61. The molecule has 0 heterocycles. The van der Waals surface area contributed by atoms with E-state index in [2.05, 4.69) is 13.8 Å². The number of hydrogen-bond donors (Lipinski definition) is 0. The van der Waals surface area contributed by atoms with Crippen LogP contribution in [-0.2, 0) is 0 Å². The fourth-order valence-corrected chi connectivity index (χ4v) is 1.58. The van der Waals surface area contributed by atoms with Crippen molar-refractivity contribution in [2.24, 2.45) is 5.92 Å². The molecular weight excluding hydrogens is 115 g/mol. The molecule has 1 heteroatoms. The average molecular weight is 133 g/mol. The van der Waals surface area contributed by atoms with Crippen molar-refractivity contribution < 1.29 is 0 Å². The minimum atomic E-state index is 0. The predicted molar refractivity (Wildman–Crippen MR) is 48.3 cm³/mol. The Morgan fingerprint density at radius 3 is 1.80 bits per heavy atom. The molecule has 55 valence electrons. The summed E-state index contributed by atoms with van der Waals surface area (Å²) in [6.45, 7) is 4.64. The summed E-state index contributed by atoms with van der Waals surface area (Å²) >= 11 is 0.